The second kappa shape index (κ2) is 12.1. The van der Waals surface area contributed by atoms with Crippen molar-refractivity contribution in [3.05, 3.63) is 59.7 Å². The van der Waals surface area contributed by atoms with E-state index in [1.807, 2.05) is 0 Å². The number of rotatable bonds is 11. The Kier molecular flexibility index (Phi) is 9.48. The van der Waals surface area contributed by atoms with Crippen molar-refractivity contribution >= 4 is 27.8 Å². The average molecular weight is 465 g/mol. The molecule has 0 heterocycles. The molecule has 0 radical (unpaired) electrons. The molecule has 9 nitrogen and oxygen atoms in total. The van der Waals surface area contributed by atoms with E-state index in [-0.39, 0.29) is 30.7 Å². The molecule has 0 aromatic heterocycles. The molecule has 0 saturated carbocycles. The molecule has 0 spiro atoms. The lowest BCUT2D eigenvalue weighted by Crippen LogP contribution is -2.36. The number of nitrogens with zero attached hydrogens (tertiary/aromatic N) is 1. The van der Waals surface area contributed by atoms with Gasteiger partial charge in [0.05, 0.1) is 24.5 Å². The quantitative estimate of drug-likeness (QED) is 0.401. The Morgan fingerprint density at radius 3 is 2.41 bits per heavy atom. The Morgan fingerprint density at radius 2 is 1.78 bits per heavy atom. The highest BCUT2D eigenvalue weighted by molar-refractivity contribution is 7.87. The minimum Gasteiger partial charge on any atom is -0.462 e. The minimum absolute atomic E-state index is 0.144. The lowest BCUT2D eigenvalue weighted by molar-refractivity contribution is 0.0526. The van der Waals surface area contributed by atoms with E-state index in [1.165, 1.54) is 18.9 Å². The molecule has 0 unspecified atom stereocenters. The van der Waals surface area contributed by atoms with Crippen LogP contribution in [0.3, 0.4) is 0 Å². The predicted octanol–water partition coefficient (Wildman–Crippen LogP) is 3.27. The van der Waals surface area contributed by atoms with Gasteiger partial charge in [0.25, 0.3) is 0 Å². The van der Waals surface area contributed by atoms with Crippen LogP contribution in [-0.4, -0.2) is 57.9 Å². The number of carbonyl (C=O) groups is 2. The summed E-state index contributed by atoms with van der Waals surface area (Å²) in [7, 11) is -2.11. The zero-order valence-corrected chi connectivity index (χ0v) is 19.2. The standard InChI is InChI=1S/C22H28N2O7S/c1-4-30-21(25)18-9-11-19(12-10-18)23-22(26)24(13-14-29-3)16-17-7-6-8-20(15-17)31-32(27,28)5-2/h6-12,15H,4-5,13-14,16H2,1-3H3,(H,23,26). The van der Waals surface area contributed by atoms with Gasteiger partial charge in [-0.15, -0.1) is 0 Å². The number of amides is 2. The first-order valence-electron chi connectivity index (χ1n) is 10.1. The van der Waals surface area contributed by atoms with E-state index in [0.29, 0.717) is 30.0 Å². The third-order valence-corrected chi connectivity index (χ3v) is 5.50. The van der Waals surface area contributed by atoms with Gasteiger partial charge in [-0.2, -0.15) is 8.42 Å². The summed E-state index contributed by atoms with van der Waals surface area (Å²) >= 11 is 0. The van der Waals surface area contributed by atoms with E-state index < -0.39 is 16.1 Å². The highest BCUT2D eigenvalue weighted by Gasteiger charge is 2.16. The highest BCUT2D eigenvalue weighted by atomic mass is 32.2. The summed E-state index contributed by atoms with van der Waals surface area (Å²) in [6.07, 6.45) is 0. The second-order valence-corrected chi connectivity index (χ2v) is 8.58. The molecule has 2 amide bonds. The van der Waals surface area contributed by atoms with Crippen LogP contribution >= 0.6 is 0 Å². The largest absolute Gasteiger partial charge is 0.462 e. The monoisotopic (exact) mass is 464 g/mol. The Balaban J connectivity index is 2.11. The van der Waals surface area contributed by atoms with Crippen LogP contribution in [0.1, 0.15) is 29.8 Å². The number of anilines is 1. The SMILES string of the molecule is CCOC(=O)c1ccc(NC(=O)N(CCOC)Cc2cccc(OS(=O)(=O)CC)c2)cc1. The molecule has 2 rings (SSSR count). The van der Waals surface area contributed by atoms with E-state index in [9.17, 15) is 18.0 Å². The molecule has 0 aliphatic rings. The van der Waals surface area contributed by atoms with Crippen molar-refractivity contribution in [1.29, 1.82) is 0 Å². The van der Waals surface area contributed by atoms with Gasteiger partial charge < -0.3 is 23.9 Å². The summed E-state index contributed by atoms with van der Waals surface area (Å²) in [5, 5.41) is 2.78. The van der Waals surface area contributed by atoms with E-state index in [0.717, 1.165) is 0 Å². The van der Waals surface area contributed by atoms with Gasteiger partial charge in [-0.05, 0) is 55.8 Å². The van der Waals surface area contributed by atoms with Crippen LogP contribution in [0.2, 0.25) is 0 Å². The van der Waals surface area contributed by atoms with Crippen molar-refractivity contribution in [2.75, 3.05) is 37.9 Å². The van der Waals surface area contributed by atoms with Crippen LogP contribution in [0.25, 0.3) is 0 Å². The van der Waals surface area contributed by atoms with Crippen LogP contribution in [-0.2, 0) is 26.1 Å². The average Bonchev–Trinajstić information content (AvgIpc) is 2.77. The molecule has 2 aromatic carbocycles. The van der Waals surface area contributed by atoms with Crippen LogP contribution in [0.4, 0.5) is 10.5 Å². The molecule has 2 aromatic rings. The molecule has 0 aliphatic carbocycles. The summed E-state index contributed by atoms with van der Waals surface area (Å²) in [5.74, 6) is -0.389. The van der Waals surface area contributed by atoms with Gasteiger partial charge in [0.15, 0.2) is 0 Å². The first kappa shape index (κ1) is 25.2. The second-order valence-electron chi connectivity index (χ2n) is 6.72. The number of ether oxygens (including phenoxy) is 2. The molecule has 0 fully saturated rings. The van der Waals surface area contributed by atoms with Crippen LogP contribution in [0.15, 0.2) is 48.5 Å². The molecule has 174 valence electrons. The molecule has 0 atom stereocenters. The first-order valence-corrected chi connectivity index (χ1v) is 11.7. The number of urea groups is 1. The van der Waals surface area contributed by atoms with Gasteiger partial charge in [0.2, 0.25) is 0 Å². The molecule has 1 N–H and O–H groups in total. The van der Waals surface area contributed by atoms with Gasteiger partial charge >= 0.3 is 22.1 Å². The number of nitrogens with one attached hydrogen (secondary N) is 1. The summed E-state index contributed by atoms with van der Waals surface area (Å²) in [6.45, 7) is 4.33. The van der Waals surface area contributed by atoms with E-state index in [2.05, 4.69) is 5.32 Å². The Hall–Kier alpha value is -3.11. The van der Waals surface area contributed by atoms with Crippen LogP contribution in [0, 0.1) is 0 Å². The van der Waals surface area contributed by atoms with Crippen molar-refractivity contribution in [2.45, 2.75) is 20.4 Å². The normalized spacial score (nSPS) is 11.0. The summed E-state index contributed by atoms with van der Waals surface area (Å²) < 4.78 is 38.5. The fourth-order valence-corrected chi connectivity index (χ4v) is 3.20. The van der Waals surface area contributed by atoms with E-state index in [1.54, 1.807) is 55.5 Å². The minimum atomic E-state index is -3.65. The van der Waals surface area contributed by atoms with E-state index >= 15 is 0 Å². The van der Waals surface area contributed by atoms with E-state index in [4.69, 9.17) is 13.7 Å². The number of methoxy groups -OCH3 is 1. The maximum absolute atomic E-state index is 12.8. The fraction of sp³-hybridized carbons (Fsp3) is 0.364. The van der Waals surface area contributed by atoms with Crippen LogP contribution < -0.4 is 9.50 Å². The number of hydrogen-bond donors (Lipinski definition) is 1. The first-order chi connectivity index (χ1) is 15.3. The third-order valence-electron chi connectivity index (χ3n) is 4.35. The number of benzene rings is 2. The summed E-state index contributed by atoms with van der Waals surface area (Å²) in [6, 6.07) is 12.5. The van der Waals surface area contributed by atoms with Gasteiger partial charge in [0.1, 0.15) is 5.75 Å². The van der Waals surface area contributed by atoms with Crippen molar-refractivity contribution in [2.24, 2.45) is 0 Å². The summed E-state index contributed by atoms with van der Waals surface area (Å²) in [5.41, 5.74) is 1.59. The number of hydrogen-bond acceptors (Lipinski definition) is 7. The number of esters is 1. The maximum Gasteiger partial charge on any atom is 0.338 e. The molecule has 0 saturated heterocycles. The molecule has 10 heteroatoms. The Morgan fingerprint density at radius 1 is 1.06 bits per heavy atom. The lowest BCUT2D eigenvalue weighted by Gasteiger charge is -2.23. The molecular formula is C22H28N2O7S. The Bertz CT molecular complexity index is 1010. The number of carbonyl (C=O) groups excluding carboxylic acids is 2. The third kappa shape index (κ3) is 7.86. The Labute approximate surface area is 188 Å². The maximum atomic E-state index is 12.8. The predicted molar refractivity (Wildman–Crippen MR) is 120 cm³/mol. The topological polar surface area (TPSA) is 111 Å². The zero-order valence-electron chi connectivity index (χ0n) is 18.4. The molecule has 0 bridgehead atoms. The van der Waals surface area contributed by atoms with Crippen molar-refractivity contribution in [3.8, 4) is 5.75 Å². The smallest absolute Gasteiger partial charge is 0.338 e. The van der Waals surface area contributed by atoms with Crippen molar-refractivity contribution in [3.63, 3.8) is 0 Å². The molecule has 32 heavy (non-hydrogen) atoms. The van der Waals surface area contributed by atoms with Crippen molar-refractivity contribution < 1.29 is 31.7 Å². The lowest BCUT2D eigenvalue weighted by atomic mass is 10.2. The van der Waals surface area contributed by atoms with Crippen LogP contribution in [0.5, 0.6) is 5.75 Å². The van der Waals surface area contributed by atoms with Gasteiger partial charge in [-0.3, -0.25) is 0 Å². The highest BCUT2D eigenvalue weighted by Crippen LogP contribution is 2.18. The van der Waals surface area contributed by atoms with Gasteiger partial charge in [-0.1, -0.05) is 12.1 Å². The fourth-order valence-electron chi connectivity index (χ4n) is 2.68. The zero-order chi connectivity index (χ0) is 23.6. The molecular weight excluding hydrogens is 436 g/mol. The van der Waals surface area contributed by atoms with Gasteiger partial charge in [-0.25, -0.2) is 9.59 Å². The summed E-state index contributed by atoms with van der Waals surface area (Å²) in [4.78, 5) is 26.1. The molecule has 0 aliphatic heterocycles. The van der Waals surface area contributed by atoms with Gasteiger partial charge in [0, 0.05) is 25.9 Å². The van der Waals surface area contributed by atoms with Crippen molar-refractivity contribution in [1.82, 2.24) is 4.90 Å².